The summed E-state index contributed by atoms with van der Waals surface area (Å²) in [5.41, 5.74) is 5.08. The van der Waals surface area contributed by atoms with Crippen LogP contribution in [-0.2, 0) is 6.54 Å². The maximum Gasteiger partial charge on any atom is 0.131 e. The van der Waals surface area contributed by atoms with Crippen LogP contribution in [-0.4, -0.2) is 50.4 Å². The molecule has 192 valence electrons. The number of methoxy groups -OCH3 is 1. The van der Waals surface area contributed by atoms with Crippen molar-refractivity contribution in [2.75, 3.05) is 7.11 Å². The zero-order valence-corrected chi connectivity index (χ0v) is 21.1. The van der Waals surface area contributed by atoms with Gasteiger partial charge in [0.05, 0.1) is 12.6 Å². The minimum atomic E-state index is -0.821. The van der Waals surface area contributed by atoms with E-state index in [9.17, 15) is 9.50 Å². The number of ether oxygens (including phenoxy) is 1. The van der Waals surface area contributed by atoms with Crippen LogP contribution in [0.15, 0.2) is 54.7 Å². The summed E-state index contributed by atoms with van der Waals surface area (Å²) in [5, 5.41) is 23.3. The molecule has 4 unspecified atom stereocenters. The normalized spacial score (nSPS) is 22.4. The van der Waals surface area contributed by atoms with Gasteiger partial charge in [0.15, 0.2) is 0 Å². The van der Waals surface area contributed by atoms with Crippen molar-refractivity contribution >= 4 is 10.9 Å². The molecule has 0 amide bonds. The van der Waals surface area contributed by atoms with Gasteiger partial charge in [-0.3, -0.25) is 20.3 Å². The van der Waals surface area contributed by atoms with E-state index < -0.39 is 6.23 Å². The molecule has 2 aliphatic rings. The molecule has 2 aromatic heterocycles. The third-order valence-electron chi connectivity index (χ3n) is 8.05. The average molecular weight is 502 g/mol. The Morgan fingerprint density at radius 3 is 2.86 bits per heavy atom. The quantitative estimate of drug-likeness (QED) is 0.314. The minimum absolute atomic E-state index is 0.105. The third kappa shape index (κ3) is 4.50. The molecule has 4 heterocycles. The Balaban J connectivity index is 1.22. The first-order chi connectivity index (χ1) is 18.0. The van der Waals surface area contributed by atoms with Crippen molar-refractivity contribution in [3.63, 3.8) is 0 Å². The van der Waals surface area contributed by atoms with Crippen molar-refractivity contribution in [2.24, 2.45) is 0 Å². The number of aryl methyl sites for hydroxylation is 1. The van der Waals surface area contributed by atoms with Crippen LogP contribution in [0.4, 0.5) is 4.39 Å². The molecule has 2 aliphatic heterocycles. The molecule has 0 spiro atoms. The molecule has 3 N–H and O–H groups in total. The van der Waals surface area contributed by atoms with E-state index in [1.807, 2.05) is 43.3 Å². The lowest BCUT2D eigenvalue weighted by Crippen LogP contribution is -2.53. The number of pyridine rings is 1. The van der Waals surface area contributed by atoms with Gasteiger partial charge in [-0.1, -0.05) is 12.1 Å². The predicted octanol–water partition coefficient (Wildman–Crippen LogP) is 4.86. The molecule has 2 aromatic carbocycles. The largest absolute Gasteiger partial charge is 0.496 e. The second-order valence-corrected chi connectivity index (χ2v) is 10.2. The Hall–Kier alpha value is -3.33. The highest BCUT2D eigenvalue weighted by molar-refractivity contribution is 5.93. The number of aliphatic hydroxyl groups is 1. The van der Waals surface area contributed by atoms with Crippen LogP contribution in [0.5, 0.6) is 5.75 Å². The Kier molecular flexibility index (Phi) is 6.40. The number of benzene rings is 2. The number of aromatic amines is 1. The number of piperidine rings is 1. The fraction of sp³-hybridized carbons (Fsp3) is 0.379. The van der Waals surface area contributed by atoms with E-state index in [-0.39, 0.29) is 17.9 Å². The lowest BCUT2D eigenvalue weighted by atomic mass is 9.95. The molecule has 0 saturated carbocycles. The highest BCUT2D eigenvalue weighted by atomic mass is 19.1. The van der Waals surface area contributed by atoms with Gasteiger partial charge in [0.25, 0.3) is 0 Å². The number of nitrogens with one attached hydrogen (secondary N) is 2. The van der Waals surface area contributed by atoms with E-state index in [1.165, 1.54) is 6.07 Å². The van der Waals surface area contributed by atoms with Crippen LogP contribution in [0, 0.1) is 12.7 Å². The summed E-state index contributed by atoms with van der Waals surface area (Å²) in [7, 11) is 1.59. The number of aromatic nitrogens is 3. The fourth-order valence-corrected chi connectivity index (χ4v) is 6.19. The summed E-state index contributed by atoms with van der Waals surface area (Å²) in [4.78, 5) is 6.69. The Morgan fingerprint density at radius 1 is 1.16 bits per heavy atom. The minimum Gasteiger partial charge on any atom is -0.496 e. The maximum absolute atomic E-state index is 14.7. The van der Waals surface area contributed by atoms with E-state index in [0.29, 0.717) is 23.9 Å². The first-order valence-corrected chi connectivity index (χ1v) is 12.9. The van der Waals surface area contributed by atoms with E-state index in [0.717, 1.165) is 59.1 Å². The number of hydrogen-bond acceptors (Lipinski definition) is 6. The zero-order valence-electron chi connectivity index (χ0n) is 21.1. The number of aliphatic hydroxyl groups excluding tert-OH is 1. The number of nitrogens with zero attached hydrogens (tertiary/aromatic N) is 3. The summed E-state index contributed by atoms with van der Waals surface area (Å²) in [6.45, 7) is 2.47. The molecule has 0 radical (unpaired) electrons. The molecule has 4 atom stereocenters. The highest BCUT2D eigenvalue weighted by Gasteiger charge is 2.43. The second kappa shape index (κ2) is 9.85. The zero-order chi connectivity index (χ0) is 25.5. The first-order valence-electron chi connectivity index (χ1n) is 12.9. The number of hydrogen-bond donors (Lipinski definition) is 3. The van der Waals surface area contributed by atoms with E-state index in [1.54, 1.807) is 19.4 Å². The SMILES string of the molecule is COc1cccc(F)c1CN1C2CCC(NC(O)c3ccc4[nH]nc(-c5ccnc(C)c5)c4c3)C1CC2. The lowest BCUT2D eigenvalue weighted by molar-refractivity contribution is 0.0532. The van der Waals surface area contributed by atoms with E-state index in [4.69, 9.17) is 4.74 Å². The molecule has 0 aliphatic carbocycles. The topological polar surface area (TPSA) is 86.3 Å². The van der Waals surface area contributed by atoms with Crippen LogP contribution in [0.25, 0.3) is 22.2 Å². The number of fused-ring (bicyclic) bond motifs is 3. The van der Waals surface area contributed by atoms with E-state index >= 15 is 0 Å². The number of halogens is 1. The molecular formula is C29H32FN5O2. The summed E-state index contributed by atoms with van der Waals surface area (Å²) >= 11 is 0. The molecule has 2 fully saturated rings. The highest BCUT2D eigenvalue weighted by Crippen LogP contribution is 2.39. The van der Waals surface area contributed by atoms with Crippen molar-refractivity contribution in [3.8, 4) is 17.0 Å². The monoisotopic (exact) mass is 501 g/mol. The Morgan fingerprint density at radius 2 is 2.03 bits per heavy atom. The van der Waals surface area contributed by atoms with Gasteiger partial charge in [-0.05, 0) is 74.6 Å². The van der Waals surface area contributed by atoms with Crippen LogP contribution in [0.3, 0.4) is 0 Å². The van der Waals surface area contributed by atoms with Crippen molar-refractivity contribution < 1.29 is 14.2 Å². The van der Waals surface area contributed by atoms with Crippen molar-refractivity contribution in [1.82, 2.24) is 25.4 Å². The van der Waals surface area contributed by atoms with Crippen LogP contribution >= 0.6 is 0 Å². The molecular weight excluding hydrogens is 469 g/mol. The maximum atomic E-state index is 14.7. The Bertz CT molecular complexity index is 1420. The molecule has 2 saturated heterocycles. The summed E-state index contributed by atoms with van der Waals surface area (Å²) in [6, 6.07) is 15.6. The molecule has 4 aromatic rings. The third-order valence-corrected chi connectivity index (χ3v) is 8.05. The smallest absolute Gasteiger partial charge is 0.131 e. The first kappa shape index (κ1) is 24.0. The summed E-state index contributed by atoms with van der Waals surface area (Å²) < 4.78 is 20.2. The van der Waals surface area contributed by atoms with Gasteiger partial charge in [-0.15, -0.1) is 0 Å². The van der Waals surface area contributed by atoms with Crippen molar-refractivity contribution in [3.05, 3.63) is 77.4 Å². The summed E-state index contributed by atoms with van der Waals surface area (Å²) in [6.07, 6.45) is 5.07. The molecule has 7 nitrogen and oxygen atoms in total. The average Bonchev–Trinajstić information content (AvgIpc) is 3.45. The molecule has 6 rings (SSSR count). The standard InChI is InChI=1S/C29H32FN5O2/c1-17-14-18(12-13-31-17)28-21-15-19(6-9-24(21)33-34-28)29(36)32-25-10-7-20-8-11-26(25)35(20)16-22-23(30)4-3-5-27(22)37-2/h3-6,9,12-15,20,25-26,29,32,36H,7-8,10-11,16H2,1-2H3,(H,33,34). The van der Waals surface area contributed by atoms with Gasteiger partial charge in [-0.25, -0.2) is 4.39 Å². The second-order valence-electron chi connectivity index (χ2n) is 10.2. The van der Waals surface area contributed by atoms with Crippen LogP contribution < -0.4 is 10.1 Å². The van der Waals surface area contributed by atoms with Crippen molar-refractivity contribution in [2.45, 2.75) is 63.5 Å². The van der Waals surface area contributed by atoms with Gasteiger partial charge in [-0.2, -0.15) is 5.10 Å². The van der Waals surface area contributed by atoms with Gasteiger partial charge in [0.1, 0.15) is 23.5 Å². The molecule has 37 heavy (non-hydrogen) atoms. The lowest BCUT2D eigenvalue weighted by Gasteiger charge is -2.41. The predicted molar refractivity (Wildman–Crippen MR) is 140 cm³/mol. The van der Waals surface area contributed by atoms with Crippen molar-refractivity contribution in [1.29, 1.82) is 0 Å². The van der Waals surface area contributed by atoms with Crippen LogP contribution in [0.1, 0.15) is 48.7 Å². The van der Waals surface area contributed by atoms with Gasteiger partial charge >= 0.3 is 0 Å². The molecule has 2 bridgehead atoms. The Labute approximate surface area is 215 Å². The molecule has 8 heteroatoms. The van der Waals surface area contributed by atoms with E-state index in [2.05, 4.69) is 25.4 Å². The fourth-order valence-electron chi connectivity index (χ4n) is 6.19. The van der Waals surface area contributed by atoms with Gasteiger partial charge in [0, 0.05) is 53.1 Å². The summed E-state index contributed by atoms with van der Waals surface area (Å²) in [5.74, 6) is 0.352. The number of rotatable bonds is 7. The van der Waals surface area contributed by atoms with Gasteiger partial charge < -0.3 is 9.84 Å². The van der Waals surface area contributed by atoms with Crippen LogP contribution in [0.2, 0.25) is 0 Å². The number of H-pyrrole nitrogens is 1. The van der Waals surface area contributed by atoms with Gasteiger partial charge in [0.2, 0.25) is 0 Å².